The Morgan fingerprint density at radius 2 is 2.00 bits per heavy atom. The van der Waals surface area contributed by atoms with Gasteiger partial charge >= 0.3 is 6.09 Å². The zero-order valence-corrected chi connectivity index (χ0v) is 10.3. The summed E-state index contributed by atoms with van der Waals surface area (Å²) in [4.78, 5) is 11.4. The van der Waals surface area contributed by atoms with Crippen molar-refractivity contribution in [3.05, 3.63) is 0 Å². The first-order valence-corrected chi connectivity index (χ1v) is 5.20. The number of terminal acetylenes is 1. The van der Waals surface area contributed by atoms with Crippen molar-refractivity contribution in [2.24, 2.45) is 5.92 Å². The van der Waals surface area contributed by atoms with E-state index in [9.17, 15) is 4.79 Å². The van der Waals surface area contributed by atoms with E-state index < -0.39 is 11.7 Å². The van der Waals surface area contributed by atoms with Gasteiger partial charge in [0.25, 0.3) is 0 Å². The SMILES string of the molecule is C#C[C@H](CC(C)C)NC(=O)OC(C)(C)C. The fourth-order valence-corrected chi connectivity index (χ4v) is 1.09. The normalized spacial score (nSPS) is 13.1. The minimum atomic E-state index is -0.485. The van der Waals surface area contributed by atoms with Crippen LogP contribution in [-0.4, -0.2) is 17.7 Å². The third-order valence-electron chi connectivity index (χ3n) is 1.60. The molecule has 0 unspecified atom stereocenters. The molecule has 0 aliphatic rings. The van der Waals surface area contributed by atoms with Crippen LogP contribution in [0.25, 0.3) is 0 Å². The lowest BCUT2D eigenvalue weighted by Gasteiger charge is -2.22. The van der Waals surface area contributed by atoms with E-state index in [-0.39, 0.29) is 6.04 Å². The molecule has 0 aromatic carbocycles. The Kier molecular flexibility index (Phi) is 5.21. The van der Waals surface area contributed by atoms with Gasteiger partial charge in [-0.2, -0.15) is 0 Å². The van der Waals surface area contributed by atoms with Crippen LogP contribution in [0.1, 0.15) is 41.0 Å². The summed E-state index contributed by atoms with van der Waals surface area (Å²) in [6, 6.07) is -0.250. The molecule has 0 heterocycles. The Morgan fingerprint density at radius 3 is 2.33 bits per heavy atom. The lowest BCUT2D eigenvalue weighted by atomic mass is 10.0. The van der Waals surface area contributed by atoms with Crippen molar-refractivity contribution in [2.75, 3.05) is 0 Å². The highest BCUT2D eigenvalue weighted by atomic mass is 16.6. The second-order valence-corrected chi connectivity index (χ2v) is 5.00. The molecule has 86 valence electrons. The summed E-state index contributed by atoms with van der Waals surface area (Å²) in [5, 5.41) is 2.66. The molecule has 1 N–H and O–H groups in total. The Balaban J connectivity index is 4.10. The van der Waals surface area contributed by atoms with Crippen LogP contribution in [0.5, 0.6) is 0 Å². The summed E-state index contributed by atoms with van der Waals surface area (Å²) in [7, 11) is 0. The van der Waals surface area contributed by atoms with Crippen LogP contribution in [0, 0.1) is 18.3 Å². The summed E-state index contributed by atoms with van der Waals surface area (Å²) in [5.74, 6) is 2.98. The van der Waals surface area contributed by atoms with Crippen molar-refractivity contribution in [3.8, 4) is 12.3 Å². The first kappa shape index (κ1) is 13.8. The Labute approximate surface area is 92.6 Å². The van der Waals surface area contributed by atoms with Crippen LogP contribution in [-0.2, 0) is 4.74 Å². The highest BCUT2D eigenvalue weighted by Gasteiger charge is 2.18. The summed E-state index contributed by atoms with van der Waals surface area (Å²) in [6.07, 6.45) is 5.62. The highest BCUT2D eigenvalue weighted by Crippen LogP contribution is 2.08. The number of nitrogens with one attached hydrogen (secondary N) is 1. The van der Waals surface area contributed by atoms with Gasteiger partial charge in [-0.3, -0.25) is 0 Å². The number of rotatable bonds is 3. The van der Waals surface area contributed by atoms with Gasteiger partial charge in [-0.25, -0.2) is 4.79 Å². The molecular formula is C12H21NO2. The molecular weight excluding hydrogens is 190 g/mol. The third-order valence-corrected chi connectivity index (χ3v) is 1.60. The maximum Gasteiger partial charge on any atom is 0.408 e. The standard InChI is InChI=1S/C12H21NO2/c1-7-10(8-9(2)3)13-11(14)15-12(4,5)6/h1,9-10H,8H2,2-6H3,(H,13,14)/t10-/m1/s1. The van der Waals surface area contributed by atoms with Crippen LogP contribution in [0.4, 0.5) is 4.79 Å². The van der Waals surface area contributed by atoms with Crippen molar-refractivity contribution in [2.45, 2.75) is 52.7 Å². The molecule has 0 aromatic rings. The Hall–Kier alpha value is -1.17. The zero-order valence-electron chi connectivity index (χ0n) is 10.3. The smallest absolute Gasteiger partial charge is 0.408 e. The lowest BCUT2D eigenvalue weighted by molar-refractivity contribution is 0.0512. The van der Waals surface area contributed by atoms with Gasteiger partial charge in [0, 0.05) is 0 Å². The molecule has 3 nitrogen and oxygen atoms in total. The second kappa shape index (κ2) is 5.65. The number of amides is 1. The molecule has 0 rings (SSSR count). The number of hydrogen-bond donors (Lipinski definition) is 1. The van der Waals surface area contributed by atoms with E-state index in [1.165, 1.54) is 0 Å². The molecule has 0 fully saturated rings. The van der Waals surface area contributed by atoms with Gasteiger partial charge < -0.3 is 10.1 Å². The fourth-order valence-electron chi connectivity index (χ4n) is 1.09. The van der Waals surface area contributed by atoms with Crippen molar-refractivity contribution in [3.63, 3.8) is 0 Å². The quantitative estimate of drug-likeness (QED) is 0.729. The average molecular weight is 211 g/mol. The van der Waals surface area contributed by atoms with E-state index in [1.807, 2.05) is 20.8 Å². The van der Waals surface area contributed by atoms with E-state index in [1.54, 1.807) is 0 Å². The van der Waals surface area contributed by atoms with E-state index in [2.05, 4.69) is 25.1 Å². The molecule has 0 aliphatic carbocycles. The number of hydrogen-bond acceptors (Lipinski definition) is 2. The zero-order chi connectivity index (χ0) is 12.1. The number of carbonyl (C=O) groups excluding carboxylic acids is 1. The van der Waals surface area contributed by atoms with E-state index in [4.69, 9.17) is 11.2 Å². The minimum Gasteiger partial charge on any atom is -0.444 e. The Bertz CT molecular complexity index is 245. The van der Waals surface area contributed by atoms with Crippen LogP contribution >= 0.6 is 0 Å². The van der Waals surface area contributed by atoms with Gasteiger partial charge in [0.15, 0.2) is 0 Å². The van der Waals surface area contributed by atoms with Gasteiger partial charge in [0.1, 0.15) is 5.60 Å². The molecule has 0 saturated heterocycles. The molecule has 0 spiro atoms. The third kappa shape index (κ3) is 7.87. The highest BCUT2D eigenvalue weighted by molar-refractivity contribution is 5.68. The van der Waals surface area contributed by atoms with Gasteiger partial charge in [-0.05, 0) is 33.1 Å². The molecule has 0 bridgehead atoms. The molecule has 0 saturated carbocycles. The van der Waals surface area contributed by atoms with E-state index >= 15 is 0 Å². The van der Waals surface area contributed by atoms with Crippen molar-refractivity contribution in [1.29, 1.82) is 0 Å². The lowest BCUT2D eigenvalue weighted by Crippen LogP contribution is -2.39. The van der Waals surface area contributed by atoms with Crippen molar-refractivity contribution in [1.82, 2.24) is 5.32 Å². The molecule has 3 heteroatoms. The summed E-state index contributed by atoms with van der Waals surface area (Å²) < 4.78 is 5.11. The van der Waals surface area contributed by atoms with Crippen molar-refractivity contribution < 1.29 is 9.53 Å². The summed E-state index contributed by atoms with van der Waals surface area (Å²) in [5.41, 5.74) is -0.485. The maximum absolute atomic E-state index is 11.4. The number of ether oxygens (including phenoxy) is 1. The number of alkyl carbamates (subject to hydrolysis) is 1. The first-order valence-electron chi connectivity index (χ1n) is 5.20. The monoisotopic (exact) mass is 211 g/mol. The van der Waals surface area contributed by atoms with Crippen LogP contribution in [0.3, 0.4) is 0 Å². The predicted molar refractivity (Wildman–Crippen MR) is 61.4 cm³/mol. The largest absolute Gasteiger partial charge is 0.444 e. The topological polar surface area (TPSA) is 38.3 Å². The van der Waals surface area contributed by atoms with Gasteiger partial charge in [-0.15, -0.1) is 6.42 Å². The fraction of sp³-hybridized carbons (Fsp3) is 0.750. The Morgan fingerprint density at radius 1 is 1.47 bits per heavy atom. The van der Waals surface area contributed by atoms with E-state index in [0.29, 0.717) is 5.92 Å². The van der Waals surface area contributed by atoms with Crippen LogP contribution in [0.2, 0.25) is 0 Å². The summed E-state index contributed by atoms with van der Waals surface area (Å²) >= 11 is 0. The molecule has 0 radical (unpaired) electrons. The molecule has 1 amide bonds. The van der Waals surface area contributed by atoms with E-state index in [0.717, 1.165) is 6.42 Å². The van der Waals surface area contributed by atoms with Gasteiger partial charge in [0.05, 0.1) is 6.04 Å². The van der Waals surface area contributed by atoms with Gasteiger partial charge in [-0.1, -0.05) is 19.8 Å². The molecule has 1 atom stereocenters. The number of carbonyl (C=O) groups is 1. The van der Waals surface area contributed by atoms with Crippen molar-refractivity contribution >= 4 is 6.09 Å². The van der Waals surface area contributed by atoms with Crippen LogP contribution in [0.15, 0.2) is 0 Å². The maximum atomic E-state index is 11.4. The summed E-state index contributed by atoms with van der Waals surface area (Å²) in [6.45, 7) is 9.57. The first-order chi connectivity index (χ1) is 6.74. The van der Waals surface area contributed by atoms with Crippen LogP contribution < -0.4 is 5.32 Å². The molecule has 0 aliphatic heterocycles. The predicted octanol–water partition coefficient (Wildman–Crippen LogP) is 2.56. The van der Waals surface area contributed by atoms with Gasteiger partial charge in [0.2, 0.25) is 0 Å². The molecule has 0 aromatic heterocycles. The second-order valence-electron chi connectivity index (χ2n) is 5.00. The average Bonchev–Trinajstić information content (AvgIpc) is 1.98. The minimum absolute atomic E-state index is 0.250. The molecule has 15 heavy (non-hydrogen) atoms.